The molecule has 0 spiro atoms. The SMILES string of the molecule is CCc1cccc(CC)c1-n1c(C)c(C(=O)N(C)C)cc(-c2nc(-c3ccc(Cl)cc3)cs2)c1=O. The quantitative estimate of drug-likeness (QED) is 0.304. The number of aryl methyl sites for hydroxylation is 2. The Kier molecular flexibility index (Phi) is 7.24. The van der Waals surface area contributed by atoms with Crippen LogP contribution in [0.5, 0.6) is 0 Å². The molecular formula is C28H28ClN3O2S. The monoisotopic (exact) mass is 505 g/mol. The van der Waals surface area contributed by atoms with E-state index in [0.29, 0.717) is 26.9 Å². The second kappa shape index (κ2) is 10.2. The Morgan fingerprint density at radius 1 is 1.06 bits per heavy atom. The molecule has 7 heteroatoms. The Morgan fingerprint density at radius 2 is 1.69 bits per heavy atom. The summed E-state index contributed by atoms with van der Waals surface area (Å²) >= 11 is 7.43. The molecule has 0 N–H and O–H groups in total. The van der Waals surface area contributed by atoms with Gasteiger partial charge in [0.2, 0.25) is 0 Å². The van der Waals surface area contributed by atoms with Crippen molar-refractivity contribution >= 4 is 28.8 Å². The van der Waals surface area contributed by atoms with Gasteiger partial charge in [0.1, 0.15) is 5.01 Å². The first-order chi connectivity index (χ1) is 16.8. The molecule has 0 fully saturated rings. The van der Waals surface area contributed by atoms with Crippen molar-refractivity contribution in [1.29, 1.82) is 0 Å². The van der Waals surface area contributed by atoms with Gasteiger partial charge in [0.25, 0.3) is 11.5 Å². The van der Waals surface area contributed by atoms with Crippen LogP contribution >= 0.6 is 22.9 Å². The van der Waals surface area contributed by atoms with E-state index >= 15 is 0 Å². The van der Waals surface area contributed by atoms with Crippen molar-refractivity contribution in [2.75, 3.05) is 14.1 Å². The fourth-order valence-electron chi connectivity index (χ4n) is 4.24. The third-order valence-electron chi connectivity index (χ3n) is 6.15. The third-order valence-corrected chi connectivity index (χ3v) is 7.27. The van der Waals surface area contributed by atoms with Gasteiger partial charge < -0.3 is 4.90 Å². The molecule has 2 aromatic carbocycles. The number of nitrogens with zero attached hydrogens (tertiary/aromatic N) is 3. The van der Waals surface area contributed by atoms with Crippen molar-refractivity contribution in [3.8, 4) is 27.5 Å². The summed E-state index contributed by atoms with van der Waals surface area (Å²) in [6.07, 6.45) is 1.54. The van der Waals surface area contributed by atoms with Gasteiger partial charge in [-0.2, -0.15) is 0 Å². The smallest absolute Gasteiger partial charge is 0.265 e. The van der Waals surface area contributed by atoms with E-state index in [2.05, 4.69) is 13.8 Å². The highest BCUT2D eigenvalue weighted by molar-refractivity contribution is 7.13. The van der Waals surface area contributed by atoms with Crippen LogP contribution < -0.4 is 5.56 Å². The van der Waals surface area contributed by atoms with Crippen LogP contribution in [0.2, 0.25) is 5.02 Å². The molecule has 4 rings (SSSR count). The number of amides is 1. The zero-order valence-electron chi connectivity index (χ0n) is 20.6. The van der Waals surface area contributed by atoms with Crippen molar-refractivity contribution in [3.63, 3.8) is 0 Å². The Morgan fingerprint density at radius 3 is 2.26 bits per heavy atom. The van der Waals surface area contributed by atoms with E-state index in [1.165, 1.54) is 16.2 Å². The second-order valence-corrected chi connectivity index (χ2v) is 9.87. The zero-order chi connectivity index (χ0) is 25.3. The van der Waals surface area contributed by atoms with E-state index in [9.17, 15) is 9.59 Å². The lowest BCUT2D eigenvalue weighted by Gasteiger charge is -2.22. The highest BCUT2D eigenvalue weighted by Gasteiger charge is 2.23. The maximum Gasteiger partial charge on any atom is 0.265 e. The summed E-state index contributed by atoms with van der Waals surface area (Å²) in [5.74, 6) is -0.154. The first-order valence-corrected chi connectivity index (χ1v) is 12.8. The van der Waals surface area contributed by atoms with Crippen LogP contribution in [0.1, 0.15) is 41.0 Å². The fourth-order valence-corrected chi connectivity index (χ4v) is 5.20. The molecule has 0 aliphatic heterocycles. The molecule has 0 atom stereocenters. The molecule has 2 heterocycles. The van der Waals surface area contributed by atoms with Crippen LogP contribution in [0.3, 0.4) is 0 Å². The van der Waals surface area contributed by atoms with Crippen LogP contribution in [0.25, 0.3) is 27.5 Å². The molecule has 0 unspecified atom stereocenters. The molecule has 0 saturated carbocycles. The van der Waals surface area contributed by atoms with E-state index in [-0.39, 0.29) is 11.5 Å². The Balaban J connectivity index is 2.01. The minimum absolute atomic E-state index is 0.154. The van der Waals surface area contributed by atoms with Crippen molar-refractivity contribution < 1.29 is 4.79 Å². The van der Waals surface area contributed by atoms with Crippen LogP contribution in [0.4, 0.5) is 0 Å². The van der Waals surface area contributed by atoms with Gasteiger partial charge in [0.05, 0.1) is 22.5 Å². The zero-order valence-corrected chi connectivity index (χ0v) is 22.1. The van der Waals surface area contributed by atoms with Crippen LogP contribution in [0, 0.1) is 6.92 Å². The van der Waals surface area contributed by atoms with Gasteiger partial charge in [0.15, 0.2) is 0 Å². The summed E-state index contributed by atoms with van der Waals surface area (Å²) in [4.78, 5) is 33.6. The van der Waals surface area contributed by atoms with E-state index < -0.39 is 0 Å². The molecule has 1 amide bonds. The average molecular weight is 506 g/mol. The maximum absolute atomic E-state index is 14.0. The summed E-state index contributed by atoms with van der Waals surface area (Å²) < 4.78 is 1.72. The molecule has 4 aromatic rings. The number of pyridine rings is 1. The van der Waals surface area contributed by atoms with Gasteiger partial charge in [-0.1, -0.05) is 55.8 Å². The molecule has 2 aromatic heterocycles. The highest BCUT2D eigenvalue weighted by Crippen LogP contribution is 2.31. The summed E-state index contributed by atoms with van der Waals surface area (Å²) in [5.41, 5.74) is 6.03. The molecule has 0 radical (unpaired) electrons. The number of rotatable bonds is 6. The number of carbonyl (C=O) groups excluding carboxylic acids is 1. The minimum Gasteiger partial charge on any atom is -0.345 e. The number of para-hydroxylation sites is 1. The van der Waals surface area contributed by atoms with Crippen molar-refractivity contribution in [3.05, 3.63) is 91.7 Å². The number of carbonyl (C=O) groups is 1. The van der Waals surface area contributed by atoms with E-state index in [1.807, 2.05) is 54.8 Å². The number of hydrogen-bond donors (Lipinski definition) is 0. The van der Waals surface area contributed by atoms with Crippen molar-refractivity contribution in [2.24, 2.45) is 0 Å². The first-order valence-electron chi connectivity index (χ1n) is 11.6. The predicted octanol–water partition coefficient (Wildman–Crippen LogP) is 6.42. The Bertz CT molecular complexity index is 1430. The maximum atomic E-state index is 14.0. The Labute approximate surface area is 214 Å². The van der Waals surface area contributed by atoms with Crippen LogP contribution in [-0.2, 0) is 12.8 Å². The van der Waals surface area contributed by atoms with E-state index in [0.717, 1.165) is 40.9 Å². The lowest BCUT2D eigenvalue weighted by Crippen LogP contribution is -2.30. The average Bonchev–Trinajstić information content (AvgIpc) is 3.34. The molecule has 0 saturated heterocycles. The van der Waals surface area contributed by atoms with Crippen molar-refractivity contribution in [2.45, 2.75) is 33.6 Å². The van der Waals surface area contributed by atoms with E-state index in [1.54, 1.807) is 24.7 Å². The largest absolute Gasteiger partial charge is 0.345 e. The van der Waals surface area contributed by atoms with Gasteiger partial charge in [0, 0.05) is 35.8 Å². The molecule has 180 valence electrons. The summed E-state index contributed by atoms with van der Waals surface area (Å²) in [7, 11) is 3.44. The summed E-state index contributed by atoms with van der Waals surface area (Å²) in [6.45, 7) is 6.00. The number of thiazole rings is 1. The van der Waals surface area contributed by atoms with Crippen LogP contribution in [-0.4, -0.2) is 34.5 Å². The normalized spacial score (nSPS) is 11.0. The molecule has 35 heavy (non-hydrogen) atoms. The van der Waals surface area contributed by atoms with Gasteiger partial charge in [-0.25, -0.2) is 4.98 Å². The molecule has 0 aliphatic rings. The molecule has 5 nitrogen and oxygen atoms in total. The molecule has 0 aliphatic carbocycles. The number of halogens is 1. The summed E-state index contributed by atoms with van der Waals surface area (Å²) in [5, 5.41) is 3.15. The fraction of sp³-hybridized carbons (Fsp3) is 0.250. The Hall–Kier alpha value is -3.22. The third kappa shape index (κ3) is 4.68. The lowest BCUT2D eigenvalue weighted by atomic mass is 10.0. The number of aromatic nitrogens is 2. The summed E-state index contributed by atoms with van der Waals surface area (Å²) in [6, 6.07) is 15.2. The van der Waals surface area contributed by atoms with Crippen molar-refractivity contribution in [1.82, 2.24) is 14.5 Å². The standard InChI is InChI=1S/C28H28ClN3O2S/c1-6-18-9-8-10-19(7-2)25(18)32-17(3)22(27(33)31(4)5)15-23(28(32)34)26-30-24(16-35-26)20-11-13-21(29)14-12-20/h8-16H,6-7H2,1-5H3. The molecular weight excluding hydrogens is 478 g/mol. The number of benzene rings is 2. The van der Waals surface area contributed by atoms with Gasteiger partial charge >= 0.3 is 0 Å². The predicted molar refractivity (Wildman–Crippen MR) is 145 cm³/mol. The van der Waals surface area contributed by atoms with Crippen LogP contribution in [0.15, 0.2) is 58.7 Å². The number of hydrogen-bond acceptors (Lipinski definition) is 4. The van der Waals surface area contributed by atoms with E-state index in [4.69, 9.17) is 16.6 Å². The van der Waals surface area contributed by atoms with Gasteiger partial charge in [-0.05, 0) is 49.1 Å². The lowest BCUT2D eigenvalue weighted by molar-refractivity contribution is 0.0826. The second-order valence-electron chi connectivity index (χ2n) is 8.57. The molecule has 0 bridgehead atoms. The van der Waals surface area contributed by atoms with Gasteiger partial charge in [-0.3, -0.25) is 14.2 Å². The van der Waals surface area contributed by atoms with Gasteiger partial charge in [-0.15, -0.1) is 11.3 Å². The highest BCUT2D eigenvalue weighted by atomic mass is 35.5. The first kappa shape index (κ1) is 24.9. The minimum atomic E-state index is -0.176. The topological polar surface area (TPSA) is 55.2 Å².